The van der Waals surface area contributed by atoms with Crippen molar-refractivity contribution in [3.63, 3.8) is 0 Å². The second-order valence-corrected chi connectivity index (χ2v) is 7.78. The molecule has 152 valence electrons. The molecule has 6 N–H and O–H groups in total. The third-order valence-corrected chi connectivity index (χ3v) is 5.36. The Morgan fingerprint density at radius 3 is 2.69 bits per heavy atom. The first-order chi connectivity index (χ1) is 14.0. The topological polar surface area (TPSA) is 162 Å². The lowest BCUT2D eigenvalue weighted by atomic mass is 9.92. The van der Waals surface area contributed by atoms with Crippen molar-refractivity contribution in [2.75, 3.05) is 5.32 Å². The van der Waals surface area contributed by atoms with Crippen LogP contribution in [0.2, 0.25) is 0 Å². The van der Waals surface area contributed by atoms with Crippen LogP contribution in [0.4, 0.5) is 5.95 Å². The highest BCUT2D eigenvalue weighted by atomic mass is 16.3. The van der Waals surface area contributed by atoms with E-state index in [9.17, 15) is 9.90 Å². The molecule has 2 aliphatic rings. The number of aromatic nitrogens is 6. The van der Waals surface area contributed by atoms with Crippen LogP contribution in [0.1, 0.15) is 44.2 Å². The molecule has 3 aromatic rings. The van der Waals surface area contributed by atoms with Crippen LogP contribution in [0.3, 0.4) is 0 Å². The molecule has 0 amide bonds. The van der Waals surface area contributed by atoms with Gasteiger partial charge in [-0.15, -0.1) is 0 Å². The van der Waals surface area contributed by atoms with E-state index in [1.807, 2.05) is 0 Å². The Labute approximate surface area is 164 Å². The SMILES string of the molecule is NC1CCC(Nc2nc(=NC3CC3)n3ncc(=Cc4[nH]c(=O)[nH]c4O)c3n2)CC1. The number of nitrogens with one attached hydrogen (secondary N) is 3. The molecular weight excluding hydrogens is 374 g/mol. The summed E-state index contributed by atoms with van der Waals surface area (Å²) in [6, 6.07) is 0.811. The predicted molar refractivity (Wildman–Crippen MR) is 105 cm³/mol. The number of rotatable bonds is 4. The summed E-state index contributed by atoms with van der Waals surface area (Å²) < 4.78 is 1.59. The van der Waals surface area contributed by atoms with Gasteiger partial charge in [0.2, 0.25) is 11.8 Å². The fourth-order valence-electron chi connectivity index (χ4n) is 3.59. The molecule has 5 rings (SSSR count). The summed E-state index contributed by atoms with van der Waals surface area (Å²) in [7, 11) is 0. The molecule has 2 fully saturated rings. The maximum absolute atomic E-state index is 11.4. The third-order valence-electron chi connectivity index (χ3n) is 5.36. The Kier molecular flexibility index (Phi) is 4.31. The fourth-order valence-corrected chi connectivity index (χ4v) is 3.59. The average Bonchev–Trinajstić information content (AvgIpc) is 3.33. The molecular formula is C18H23N9O2. The molecule has 0 radical (unpaired) electrons. The van der Waals surface area contributed by atoms with E-state index in [0.717, 1.165) is 38.5 Å². The Hall–Kier alpha value is -3.21. The minimum absolute atomic E-state index is 0.233. The quantitative estimate of drug-likeness (QED) is 0.382. The molecule has 0 spiro atoms. The molecule has 0 aromatic carbocycles. The smallest absolute Gasteiger partial charge is 0.326 e. The van der Waals surface area contributed by atoms with E-state index in [0.29, 0.717) is 22.4 Å². The number of H-pyrrole nitrogens is 2. The van der Waals surface area contributed by atoms with Crippen LogP contribution in [-0.2, 0) is 0 Å². The summed E-state index contributed by atoms with van der Waals surface area (Å²) in [4.78, 5) is 30.1. The Morgan fingerprint density at radius 2 is 2.00 bits per heavy atom. The number of hydrogen-bond acceptors (Lipinski definition) is 8. The van der Waals surface area contributed by atoms with Crippen molar-refractivity contribution in [3.05, 3.63) is 33.2 Å². The summed E-state index contributed by atoms with van der Waals surface area (Å²) >= 11 is 0. The van der Waals surface area contributed by atoms with Crippen molar-refractivity contribution in [1.82, 2.24) is 29.5 Å². The number of aromatic amines is 2. The first-order valence-electron chi connectivity index (χ1n) is 9.90. The second-order valence-electron chi connectivity index (χ2n) is 7.78. The van der Waals surface area contributed by atoms with E-state index >= 15 is 0 Å². The average molecular weight is 397 g/mol. The van der Waals surface area contributed by atoms with E-state index in [2.05, 4.69) is 35.3 Å². The zero-order chi connectivity index (χ0) is 20.0. The first kappa shape index (κ1) is 17.9. The largest absolute Gasteiger partial charge is 0.493 e. The van der Waals surface area contributed by atoms with Crippen LogP contribution in [-0.4, -0.2) is 52.8 Å². The molecule has 0 aliphatic heterocycles. The maximum atomic E-state index is 11.4. The number of anilines is 1. The monoisotopic (exact) mass is 397 g/mol. The molecule has 11 heteroatoms. The molecule has 0 unspecified atom stereocenters. The van der Waals surface area contributed by atoms with Gasteiger partial charge in [-0.25, -0.2) is 9.79 Å². The van der Waals surface area contributed by atoms with Gasteiger partial charge < -0.3 is 21.1 Å². The van der Waals surface area contributed by atoms with Crippen LogP contribution in [0.25, 0.3) is 11.7 Å². The fraction of sp³-hybridized carbons (Fsp3) is 0.500. The zero-order valence-electron chi connectivity index (χ0n) is 15.8. The van der Waals surface area contributed by atoms with Gasteiger partial charge in [-0.05, 0) is 44.6 Å². The lowest BCUT2D eigenvalue weighted by Crippen LogP contribution is -2.34. The summed E-state index contributed by atoms with van der Waals surface area (Å²) in [5.74, 6) is 0.266. The van der Waals surface area contributed by atoms with E-state index in [1.54, 1.807) is 16.8 Å². The maximum Gasteiger partial charge on any atom is 0.326 e. The molecule has 0 bridgehead atoms. The van der Waals surface area contributed by atoms with Crippen molar-refractivity contribution in [1.29, 1.82) is 0 Å². The Morgan fingerprint density at radius 1 is 1.21 bits per heavy atom. The van der Waals surface area contributed by atoms with Gasteiger partial charge in [0.25, 0.3) is 5.62 Å². The number of nitrogens with two attached hydrogens (primary N) is 1. The lowest BCUT2D eigenvalue weighted by Gasteiger charge is -2.26. The molecule has 3 aromatic heterocycles. The predicted octanol–water partition coefficient (Wildman–Crippen LogP) is -0.861. The van der Waals surface area contributed by atoms with Gasteiger partial charge in [0.1, 0.15) is 5.69 Å². The van der Waals surface area contributed by atoms with E-state index in [4.69, 9.17) is 5.73 Å². The highest BCUT2D eigenvalue weighted by Gasteiger charge is 2.22. The van der Waals surface area contributed by atoms with E-state index < -0.39 is 5.69 Å². The Balaban J connectivity index is 1.59. The van der Waals surface area contributed by atoms with Crippen molar-refractivity contribution >= 4 is 17.7 Å². The second kappa shape index (κ2) is 6.99. The molecule has 0 saturated heterocycles. The normalized spacial score (nSPS) is 23.8. The molecule has 2 aliphatic carbocycles. The Bertz CT molecular complexity index is 1210. The number of hydrogen-bond donors (Lipinski definition) is 5. The number of imidazole rings is 1. The lowest BCUT2D eigenvalue weighted by molar-refractivity contribution is 0.409. The van der Waals surface area contributed by atoms with Gasteiger partial charge in [0.15, 0.2) is 5.65 Å². The van der Waals surface area contributed by atoms with Gasteiger partial charge in [-0.2, -0.15) is 19.6 Å². The standard InChI is InChI=1S/C18H23N9O2/c19-10-1-3-11(4-2-10)21-16-24-14-9(7-13-15(28)25-18(29)23-13)8-20-27(14)17(26-16)22-12-5-6-12/h7-8,10-12,28H,1-6,19H2,(H,21,22,26)(H2,23,25,29). The minimum atomic E-state index is -0.484. The number of aromatic hydroxyl groups is 1. The van der Waals surface area contributed by atoms with Gasteiger partial charge in [-0.3, -0.25) is 4.98 Å². The van der Waals surface area contributed by atoms with Gasteiger partial charge in [0.05, 0.1) is 12.2 Å². The summed E-state index contributed by atoms with van der Waals surface area (Å²) in [5, 5.41) is 18.3. The van der Waals surface area contributed by atoms with Crippen LogP contribution in [0.15, 0.2) is 16.0 Å². The number of fused-ring (bicyclic) bond motifs is 1. The molecule has 2 saturated carbocycles. The van der Waals surface area contributed by atoms with Crippen LogP contribution < -0.4 is 27.6 Å². The van der Waals surface area contributed by atoms with Crippen LogP contribution >= 0.6 is 0 Å². The van der Waals surface area contributed by atoms with E-state index in [1.165, 1.54) is 0 Å². The van der Waals surface area contributed by atoms with Crippen molar-refractivity contribution in [2.45, 2.75) is 56.7 Å². The summed E-state index contributed by atoms with van der Waals surface area (Å²) in [5.41, 5.74) is 6.84. The van der Waals surface area contributed by atoms with Crippen LogP contribution in [0, 0.1) is 0 Å². The number of nitrogens with zero attached hydrogens (tertiary/aromatic N) is 5. The molecule has 0 atom stereocenters. The van der Waals surface area contributed by atoms with Gasteiger partial charge in [0, 0.05) is 17.3 Å². The van der Waals surface area contributed by atoms with Crippen molar-refractivity contribution in [2.24, 2.45) is 10.7 Å². The van der Waals surface area contributed by atoms with Crippen molar-refractivity contribution < 1.29 is 5.11 Å². The first-order valence-corrected chi connectivity index (χ1v) is 9.90. The van der Waals surface area contributed by atoms with Crippen molar-refractivity contribution in [3.8, 4) is 5.88 Å². The zero-order valence-corrected chi connectivity index (χ0v) is 15.8. The summed E-state index contributed by atoms with van der Waals surface area (Å²) in [6.07, 6.45) is 9.23. The molecule has 29 heavy (non-hydrogen) atoms. The molecule has 11 nitrogen and oxygen atoms in total. The minimum Gasteiger partial charge on any atom is -0.493 e. The van der Waals surface area contributed by atoms with Crippen LogP contribution in [0.5, 0.6) is 5.88 Å². The van der Waals surface area contributed by atoms with Gasteiger partial charge >= 0.3 is 5.69 Å². The summed E-state index contributed by atoms with van der Waals surface area (Å²) in [6.45, 7) is 0. The molecule has 3 heterocycles. The van der Waals surface area contributed by atoms with E-state index in [-0.39, 0.29) is 29.7 Å². The van der Waals surface area contributed by atoms with Gasteiger partial charge in [-0.1, -0.05) is 0 Å². The third kappa shape index (κ3) is 3.73. The highest BCUT2D eigenvalue weighted by Crippen LogP contribution is 2.22. The highest BCUT2D eigenvalue weighted by molar-refractivity contribution is 5.57.